The Morgan fingerprint density at radius 1 is 1.42 bits per heavy atom. The summed E-state index contributed by atoms with van der Waals surface area (Å²) in [6, 6.07) is 1.87. The molecule has 0 aliphatic heterocycles. The van der Waals surface area contributed by atoms with Crippen molar-refractivity contribution in [3.05, 3.63) is 41.7 Å². The minimum Gasteiger partial charge on any atom is -0.385 e. The van der Waals surface area contributed by atoms with Crippen molar-refractivity contribution in [2.45, 2.75) is 20.4 Å². The third kappa shape index (κ3) is 3.31. The molecule has 2 aromatic rings. The standard InChI is InChI=1S/C13H17N5O/c1-3-15-12-4-9(2)16-7-11(12)13(19)17-6-10-5-14-8-18-10/h4-5,7-8H,3,6H2,1-2H3,(H,14,18)(H,15,16)(H,17,19). The summed E-state index contributed by atoms with van der Waals surface area (Å²) in [5.74, 6) is -0.155. The summed E-state index contributed by atoms with van der Waals surface area (Å²) in [5.41, 5.74) is 3.09. The Morgan fingerprint density at radius 3 is 2.95 bits per heavy atom. The van der Waals surface area contributed by atoms with Crippen LogP contribution in [-0.2, 0) is 6.54 Å². The summed E-state index contributed by atoms with van der Waals surface area (Å²) in [4.78, 5) is 23.1. The Bertz CT molecular complexity index is 550. The molecule has 0 fully saturated rings. The number of nitrogens with one attached hydrogen (secondary N) is 3. The number of anilines is 1. The molecule has 2 heterocycles. The van der Waals surface area contributed by atoms with Gasteiger partial charge in [0.25, 0.3) is 5.91 Å². The minimum absolute atomic E-state index is 0.155. The van der Waals surface area contributed by atoms with Crippen LogP contribution in [-0.4, -0.2) is 27.4 Å². The molecule has 0 aliphatic carbocycles. The fourth-order valence-corrected chi connectivity index (χ4v) is 1.73. The van der Waals surface area contributed by atoms with Crippen LogP contribution in [0.3, 0.4) is 0 Å². The zero-order valence-corrected chi connectivity index (χ0v) is 11.0. The van der Waals surface area contributed by atoms with E-state index in [-0.39, 0.29) is 5.91 Å². The smallest absolute Gasteiger partial charge is 0.255 e. The first-order chi connectivity index (χ1) is 9.20. The number of rotatable bonds is 5. The molecule has 19 heavy (non-hydrogen) atoms. The SMILES string of the molecule is CCNc1cc(C)ncc1C(=O)NCc1cnc[nH]1. The normalized spacial score (nSPS) is 10.2. The predicted octanol–water partition coefficient (Wildman–Crippen LogP) is 1.47. The fourth-order valence-electron chi connectivity index (χ4n) is 1.73. The number of aryl methyl sites for hydroxylation is 1. The van der Waals surface area contributed by atoms with Gasteiger partial charge in [-0.05, 0) is 19.9 Å². The van der Waals surface area contributed by atoms with Gasteiger partial charge in [-0.25, -0.2) is 4.98 Å². The van der Waals surface area contributed by atoms with Crippen LogP contribution in [0, 0.1) is 6.92 Å². The third-order valence-corrected chi connectivity index (χ3v) is 2.65. The van der Waals surface area contributed by atoms with Crippen LogP contribution >= 0.6 is 0 Å². The highest BCUT2D eigenvalue weighted by molar-refractivity contribution is 5.99. The monoisotopic (exact) mass is 259 g/mol. The lowest BCUT2D eigenvalue weighted by atomic mass is 10.2. The summed E-state index contributed by atoms with van der Waals surface area (Å²) in [7, 11) is 0. The molecule has 0 radical (unpaired) electrons. The first kappa shape index (κ1) is 13.1. The van der Waals surface area contributed by atoms with Gasteiger partial charge in [-0.1, -0.05) is 0 Å². The molecular formula is C13H17N5O. The highest BCUT2D eigenvalue weighted by atomic mass is 16.1. The number of aromatic nitrogens is 3. The zero-order chi connectivity index (χ0) is 13.7. The predicted molar refractivity (Wildman–Crippen MR) is 72.9 cm³/mol. The molecule has 0 saturated carbocycles. The average molecular weight is 259 g/mol. The Labute approximate surface area is 111 Å². The third-order valence-electron chi connectivity index (χ3n) is 2.65. The van der Waals surface area contributed by atoms with Crippen LogP contribution in [0.4, 0.5) is 5.69 Å². The summed E-state index contributed by atoms with van der Waals surface area (Å²) < 4.78 is 0. The van der Waals surface area contributed by atoms with Crippen LogP contribution < -0.4 is 10.6 Å². The van der Waals surface area contributed by atoms with Crippen molar-refractivity contribution in [2.75, 3.05) is 11.9 Å². The molecule has 6 heteroatoms. The second-order valence-corrected chi connectivity index (χ2v) is 4.16. The molecule has 2 aromatic heterocycles. The minimum atomic E-state index is -0.155. The lowest BCUT2D eigenvalue weighted by molar-refractivity contribution is 0.0951. The van der Waals surface area contributed by atoms with Gasteiger partial charge < -0.3 is 15.6 Å². The number of pyridine rings is 1. The van der Waals surface area contributed by atoms with Crippen LogP contribution in [0.1, 0.15) is 28.7 Å². The number of carbonyl (C=O) groups excluding carboxylic acids is 1. The second-order valence-electron chi connectivity index (χ2n) is 4.16. The molecule has 0 atom stereocenters. The number of hydrogen-bond donors (Lipinski definition) is 3. The molecule has 0 saturated heterocycles. The highest BCUT2D eigenvalue weighted by Gasteiger charge is 2.11. The maximum atomic E-state index is 12.1. The van der Waals surface area contributed by atoms with Gasteiger partial charge in [0, 0.05) is 24.6 Å². The van der Waals surface area contributed by atoms with E-state index in [9.17, 15) is 4.79 Å². The van der Waals surface area contributed by atoms with Gasteiger partial charge >= 0.3 is 0 Å². The molecule has 0 aromatic carbocycles. The van der Waals surface area contributed by atoms with E-state index in [1.165, 1.54) is 0 Å². The Hall–Kier alpha value is -2.37. The number of imidazole rings is 1. The lowest BCUT2D eigenvalue weighted by Gasteiger charge is -2.11. The van der Waals surface area contributed by atoms with E-state index in [0.717, 1.165) is 23.6 Å². The Morgan fingerprint density at radius 2 is 2.26 bits per heavy atom. The number of nitrogens with zero attached hydrogens (tertiary/aromatic N) is 2. The molecule has 0 aliphatic rings. The van der Waals surface area contributed by atoms with E-state index >= 15 is 0 Å². The van der Waals surface area contributed by atoms with Gasteiger partial charge in [0.2, 0.25) is 0 Å². The van der Waals surface area contributed by atoms with E-state index in [2.05, 4.69) is 25.6 Å². The number of carbonyl (C=O) groups is 1. The highest BCUT2D eigenvalue weighted by Crippen LogP contribution is 2.15. The molecular weight excluding hydrogens is 242 g/mol. The Balaban J connectivity index is 2.09. The van der Waals surface area contributed by atoms with E-state index in [1.54, 1.807) is 18.7 Å². The molecule has 0 unspecified atom stereocenters. The number of amides is 1. The molecule has 100 valence electrons. The maximum Gasteiger partial charge on any atom is 0.255 e. The van der Waals surface area contributed by atoms with Crippen molar-refractivity contribution >= 4 is 11.6 Å². The van der Waals surface area contributed by atoms with E-state index in [4.69, 9.17) is 0 Å². The van der Waals surface area contributed by atoms with Crippen LogP contribution in [0.2, 0.25) is 0 Å². The first-order valence-corrected chi connectivity index (χ1v) is 6.16. The van der Waals surface area contributed by atoms with Gasteiger partial charge in [0.15, 0.2) is 0 Å². The van der Waals surface area contributed by atoms with Gasteiger partial charge in [-0.3, -0.25) is 9.78 Å². The largest absolute Gasteiger partial charge is 0.385 e. The number of H-pyrrole nitrogens is 1. The summed E-state index contributed by atoms with van der Waals surface area (Å²) >= 11 is 0. The van der Waals surface area contributed by atoms with Crippen molar-refractivity contribution in [2.24, 2.45) is 0 Å². The molecule has 0 bridgehead atoms. The van der Waals surface area contributed by atoms with E-state index in [0.29, 0.717) is 12.1 Å². The topological polar surface area (TPSA) is 82.7 Å². The summed E-state index contributed by atoms with van der Waals surface area (Å²) in [5, 5.41) is 6.00. The van der Waals surface area contributed by atoms with E-state index < -0.39 is 0 Å². The van der Waals surface area contributed by atoms with Gasteiger partial charge in [0.1, 0.15) is 0 Å². The summed E-state index contributed by atoms with van der Waals surface area (Å²) in [6.07, 6.45) is 4.85. The zero-order valence-electron chi connectivity index (χ0n) is 11.0. The fraction of sp³-hybridized carbons (Fsp3) is 0.308. The van der Waals surface area contributed by atoms with Crippen molar-refractivity contribution in [1.29, 1.82) is 0 Å². The quantitative estimate of drug-likeness (QED) is 0.759. The lowest BCUT2D eigenvalue weighted by Crippen LogP contribution is -2.24. The van der Waals surface area contributed by atoms with Crippen molar-refractivity contribution in [3.8, 4) is 0 Å². The molecule has 3 N–H and O–H groups in total. The van der Waals surface area contributed by atoms with Gasteiger partial charge in [-0.2, -0.15) is 0 Å². The van der Waals surface area contributed by atoms with Crippen molar-refractivity contribution < 1.29 is 4.79 Å². The molecule has 2 rings (SSSR count). The van der Waals surface area contributed by atoms with Gasteiger partial charge in [-0.15, -0.1) is 0 Å². The van der Waals surface area contributed by atoms with Crippen LogP contribution in [0.5, 0.6) is 0 Å². The second kappa shape index (κ2) is 5.99. The van der Waals surface area contributed by atoms with Crippen molar-refractivity contribution in [1.82, 2.24) is 20.3 Å². The van der Waals surface area contributed by atoms with Gasteiger partial charge in [0.05, 0.1) is 29.8 Å². The molecule has 6 nitrogen and oxygen atoms in total. The summed E-state index contributed by atoms with van der Waals surface area (Å²) in [6.45, 7) is 5.05. The molecule has 0 spiro atoms. The average Bonchev–Trinajstić information content (AvgIpc) is 2.90. The number of hydrogen-bond acceptors (Lipinski definition) is 4. The maximum absolute atomic E-state index is 12.1. The van der Waals surface area contributed by atoms with Crippen LogP contribution in [0.25, 0.3) is 0 Å². The van der Waals surface area contributed by atoms with E-state index in [1.807, 2.05) is 19.9 Å². The van der Waals surface area contributed by atoms with Crippen LogP contribution in [0.15, 0.2) is 24.8 Å². The number of aromatic amines is 1. The first-order valence-electron chi connectivity index (χ1n) is 6.16. The Kier molecular flexibility index (Phi) is 4.12. The molecule has 1 amide bonds. The van der Waals surface area contributed by atoms with Crippen molar-refractivity contribution in [3.63, 3.8) is 0 Å².